The average Bonchev–Trinajstić information content (AvgIpc) is 3.19. The molecule has 3 heteroatoms. The Hall–Kier alpha value is -2.19. The quantitative estimate of drug-likeness (QED) is 0.492. The summed E-state index contributed by atoms with van der Waals surface area (Å²) in [6.45, 7) is 1.08. The lowest BCUT2D eigenvalue weighted by Gasteiger charge is -2.08. The molecule has 0 radical (unpaired) electrons. The smallest absolute Gasteiger partial charge is 0.0482 e. The van der Waals surface area contributed by atoms with E-state index < -0.39 is 0 Å². The second-order valence-corrected chi connectivity index (χ2v) is 6.49. The number of para-hydroxylation sites is 1. The van der Waals surface area contributed by atoms with Gasteiger partial charge in [-0.15, -0.1) is 0 Å². The van der Waals surface area contributed by atoms with Crippen LogP contribution in [0.15, 0.2) is 54.7 Å². The van der Waals surface area contributed by atoms with Crippen LogP contribution in [0.1, 0.15) is 23.6 Å². The largest absolute Gasteiger partial charge is 0.361 e. The molecule has 0 aliphatic carbocycles. The van der Waals surface area contributed by atoms with Crippen molar-refractivity contribution >= 4 is 33.4 Å². The Morgan fingerprint density at radius 3 is 2.95 bits per heavy atom. The first-order chi connectivity index (χ1) is 10.8. The van der Waals surface area contributed by atoms with Crippen molar-refractivity contribution in [3.05, 3.63) is 71.0 Å². The first-order valence-electron chi connectivity index (χ1n) is 7.66. The predicted molar refractivity (Wildman–Crippen MR) is 91.7 cm³/mol. The summed E-state index contributed by atoms with van der Waals surface area (Å²) in [5.41, 5.74) is 5.29. The summed E-state index contributed by atoms with van der Waals surface area (Å²) in [6.07, 6.45) is 3.30. The molecule has 108 valence electrons. The van der Waals surface area contributed by atoms with E-state index >= 15 is 0 Å². The highest BCUT2D eigenvalue weighted by Crippen LogP contribution is 2.41. The lowest BCUT2D eigenvalue weighted by molar-refractivity contribution is 0.738. The van der Waals surface area contributed by atoms with Crippen molar-refractivity contribution in [3.8, 4) is 0 Å². The first kappa shape index (κ1) is 12.4. The van der Waals surface area contributed by atoms with Crippen LogP contribution in [0, 0.1) is 0 Å². The van der Waals surface area contributed by atoms with Gasteiger partial charge >= 0.3 is 0 Å². The van der Waals surface area contributed by atoms with Crippen molar-refractivity contribution in [3.63, 3.8) is 0 Å². The zero-order valence-electron chi connectivity index (χ0n) is 12.0. The van der Waals surface area contributed by atoms with E-state index in [4.69, 9.17) is 11.6 Å². The van der Waals surface area contributed by atoms with E-state index in [1.807, 2.05) is 6.07 Å². The molecule has 0 saturated heterocycles. The minimum absolute atomic E-state index is 0.444. The number of H-pyrrole nitrogens is 1. The van der Waals surface area contributed by atoms with Gasteiger partial charge in [0.25, 0.3) is 0 Å². The van der Waals surface area contributed by atoms with Gasteiger partial charge in [0.1, 0.15) is 0 Å². The third-order valence-corrected chi connectivity index (χ3v) is 5.13. The van der Waals surface area contributed by atoms with Crippen LogP contribution in [-0.2, 0) is 6.54 Å². The first-order valence-corrected chi connectivity index (χ1v) is 8.04. The van der Waals surface area contributed by atoms with Crippen molar-refractivity contribution < 1.29 is 0 Å². The van der Waals surface area contributed by atoms with Gasteiger partial charge in [0.05, 0.1) is 0 Å². The molecule has 22 heavy (non-hydrogen) atoms. The van der Waals surface area contributed by atoms with Gasteiger partial charge in [-0.25, -0.2) is 0 Å². The number of nitrogens with zero attached hydrogens (tertiary/aromatic N) is 1. The van der Waals surface area contributed by atoms with Crippen LogP contribution >= 0.6 is 11.6 Å². The highest BCUT2D eigenvalue weighted by Gasteiger charge is 2.27. The maximum Gasteiger partial charge on any atom is 0.0482 e. The fourth-order valence-electron chi connectivity index (χ4n) is 3.89. The SMILES string of the molecule is Clc1ccc2[nH]cc(C3CCn4c3cc3ccccc34)c2c1. The van der Waals surface area contributed by atoms with Gasteiger partial charge in [0, 0.05) is 45.8 Å². The number of hydrogen-bond acceptors (Lipinski definition) is 0. The highest BCUT2D eigenvalue weighted by molar-refractivity contribution is 6.31. The standard InChI is InChI=1S/C19H15ClN2/c20-13-5-6-17-15(10-13)16(11-21-17)14-7-8-22-18-4-2-1-3-12(18)9-19(14)22/h1-6,9-11,14,21H,7-8H2. The minimum Gasteiger partial charge on any atom is -0.361 e. The average molecular weight is 307 g/mol. The fourth-order valence-corrected chi connectivity index (χ4v) is 4.07. The number of rotatable bonds is 1. The fraction of sp³-hybridized carbons (Fsp3) is 0.158. The lowest BCUT2D eigenvalue weighted by Crippen LogP contribution is -1.95. The summed E-state index contributed by atoms with van der Waals surface area (Å²) < 4.78 is 2.46. The summed E-state index contributed by atoms with van der Waals surface area (Å²) in [7, 11) is 0. The molecule has 1 aliphatic rings. The number of benzene rings is 2. The van der Waals surface area contributed by atoms with E-state index in [0.717, 1.165) is 23.5 Å². The minimum atomic E-state index is 0.444. The third-order valence-electron chi connectivity index (χ3n) is 4.89. The molecule has 1 aliphatic heterocycles. The van der Waals surface area contributed by atoms with Gasteiger partial charge in [-0.2, -0.15) is 0 Å². The number of aromatic amines is 1. The van der Waals surface area contributed by atoms with E-state index in [1.165, 1.54) is 27.5 Å². The van der Waals surface area contributed by atoms with E-state index in [-0.39, 0.29) is 0 Å². The van der Waals surface area contributed by atoms with Crippen LogP contribution in [0.4, 0.5) is 0 Å². The van der Waals surface area contributed by atoms with Gasteiger partial charge in [0.15, 0.2) is 0 Å². The highest BCUT2D eigenvalue weighted by atomic mass is 35.5. The lowest BCUT2D eigenvalue weighted by atomic mass is 9.94. The van der Waals surface area contributed by atoms with Crippen LogP contribution in [-0.4, -0.2) is 9.55 Å². The van der Waals surface area contributed by atoms with Gasteiger partial charge in [0.2, 0.25) is 0 Å². The molecule has 1 atom stereocenters. The van der Waals surface area contributed by atoms with Crippen LogP contribution < -0.4 is 0 Å². The molecule has 0 amide bonds. The number of halogens is 1. The predicted octanol–water partition coefficient (Wildman–Crippen LogP) is 5.31. The summed E-state index contributed by atoms with van der Waals surface area (Å²) in [6, 6.07) is 17.1. The monoisotopic (exact) mass is 306 g/mol. The topological polar surface area (TPSA) is 20.7 Å². The number of aromatic nitrogens is 2. The van der Waals surface area contributed by atoms with E-state index in [9.17, 15) is 0 Å². The Balaban J connectivity index is 1.73. The summed E-state index contributed by atoms with van der Waals surface area (Å²) in [5.74, 6) is 0.444. The molecule has 2 nitrogen and oxygen atoms in total. The normalized spacial score (nSPS) is 17.4. The molecular formula is C19H15ClN2. The van der Waals surface area contributed by atoms with Gasteiger partial charge in [-0.3, -0.25) is 0 Å². The van der Waals surface area contributed by atoms with Crippen molar-refractivity contribution in [1.82, 2.24) is 9.55 Å². The Bertz CT molecular complexity index is 1010. The number of aryl methyl sites for hydroxylation is 1. The molecule has 5 rings (SSSR count). The van der Waals surface area contributed by atoms with Gasteiger partial charge < -0.3 is 9.55 Å². The zero-order valence-corrected chi connectivity index (χ0v) is 12.8. The maximum absolute atomic E-state index is 6.20. The van der Waals surface area contributed by atoms with Crippen molar-refractivity contribution in [1.29, 1.82) is 0 Å². The third kappa shape index (κ3) is 1.62. The molecule has 0 fully saturated rings. The van der Waals surface area contributed by atoms with Gasteiger partial charge in [-0.1, -0.05) is 29.8 Å². The molecule has 0 spiro atoms. The van der Waals surface area contributed by atoms with Crippen LogP contribution in [0.25, 0.3) is 21.8 Å². The Morgan fingerprint density at radius 1 is 1.09 bits per heavy atom. The van der Waals surface area contributed by atoms with Crippen LogP contribution in [0.2, 0.25) is 5.02 Å². The molecular weight excluding hydrogens is 292 g/mol. The molecule has 0 bridgehead atoms. The van der Waals surface area contributed by atoms with E-state index in [2.05, 4.69) is 58.2 Å². The van der Waals surface area contributed by atoms with Crippen LogP contribution in [0.5, 0.6) is 0 Å². The summed E-state index contributed by atoms with van der Waals surface area (Å²) >= 11 is 6.20. The van der Waals surface area contributed by atoms with Crippen molar-refractivity contribution in [2.45, 2.75) is 18.9 Å². The van der Waals surface area contributed by atoms with E-state index in [1.54, 1.807) is 0 Å². The number of fused-ring (bicyclic) bond motifs is 4. The van der Waals surface area contributed by atoms with E-state index in [0.29, 0.717) is 5.92 Å². The Morgan fingerprint density at radius 2 is 2.00 bits per heavy atom. The van der Waals surface area contributed by atoms with Gasteiger partial charge in [-0.05, 0) is 47.7 Å². The molecule has 2 aromatic heterocycles. The molecule has 0 saturated carbocycles. The number of nitrogens with one attached hydrogen (secondary N) is 1. The molecule has 2 aromatic carbocycles. The Labute approximate surface area is 133 Å². The maximum atomic E-state index is 6.20. The second-order valence-electron chi connectivity index (χ2n) is 6.05. The molecule has 4 aromatic rings. The second kappa shape index (κ2) is 4.40. The molecule has 1 unspecified atom stereocenters. The summed E-state index contributed by atoms with van der Waals surface area (Å²) in [5, 5.41) is 3.38. The molecule has 3 heterocycles. The Kier molecular flexibility index (Phi) is 2.47. The van der Waals surface area contributed by atoms with Crippen molar-refractivity contribution in [2.75, 3.05) is 0 Å². The number of hydrogen-bond donors (Lipinski definition) is 1. The van der Waals surface area contributed by atoms with Crippen molar-refractivity contribution in [2.24, 2.45) is 0 Å². The summed E-state index contributed by atoms with van der Waals surface area (Å²) in [4.78, 5) is 3.39. The zero-order chi connectivity index (χ0) is 14.7. The van der Waals surface area contributed by atoms with Crippen LogP contribution in [0.3, 0.4) is 0 Å². The molecule has 1 N–H and O–H groups in total.